The third kappa shape index (κ3) is 4.80. The Kier molecular flexibility index (Phi) is 4.62. The molecular weight excluding hydrogens is 262 g/mol. The van der Waals surface area contributed by atoms with Crippen LogP contribution in [0.5, 0.6) is 0 Å². The van der Waals surface area contributed by atoms with Crippen LogP contribution in [0.2, 0.25) is 5.02 Å². The highest BCUT2D eigenvalue weighted by Crippen LogP contribution is 2.24. The Hall–Kier alpha value is -0.980. The summed E-state index contributed by atoms with van der Waals surface area (Å²) in [6, 6.07) is 4.61. The van der Waals surface area contributed by atoms with Crippen molar-refractivity contribution in [3.8, 4) is 0 Å². The number of nitrogen functional groups attached to an aromatic ring is 1. The minimum Gasteiger partial charge on any atom is -0.399 e. The number of nitrogens with two attached hydrogens (primary N) is 1. The number of nitrogens with one attached hydrogen (secondary N) is 2. The molecule has 17 heavy (non-hydrogen) atoms. The quantitative estimate of drug-likeness (QED) is 0.718. The zero-order valence-electron chi connectivity index (χ0n) is 9.70. The highest BCUT2D eigenvalue weighted by molar-refractivity contribution is 7.90. The number of halogens is 1. The number of hydrogen-bond donors (Lipinski definition) is 3. The van der Waals surface area contributed by atoms with E-state index in [-0.39, 0.29) is 11.6 Å². The van der Waals surface area contributed by atoms with E-state index in [1.54, 1.807) is 6.07 Å². The number of hydrogen-bond acceptors (Lipinski definition) is 3. The first-order valence-electron chi connectivity index (χ1n) is 5.12. The van der Waals surface area contributed by atoms with E-state index in [4.69, 9.17) is 17.3 Å². The summed E-state index contributed by atoms with van der Waals surface area (Å²) in [7, 11) is -3.61. The average Bonchev–Trinajstić information content (AvgIpc) is 2.20. The minimum atomic E-state index is -3.61. The van der Waals surface area contributed by atoms with Crippen molar-refractivity contribution in [2.45, 2.75) is 13.8 Å². The lowest BCUT2D eigenvalue weighted by Crippen LogP contribution is -2.32. The Balaban J connectivity index is 2.79. The summed E-state index contributed by atoms with van der Waals surface area (Å²) >= 11 is 5.85. The highest BCUT2D eigenvalue weighted by atomic mass is 35.5. The van der Waals surface area contributed by atoms with E-state index in [0.717, 1.165) is 0 Å². The standard InChI is InChI=1S/C10H16ClN3O2S/c1-7(2)6-13-17(15,16)14-10-5-8(12)3-4-9(10)11/h3-5,7,13-14H,6,12H2,1-2H3. The van der Waals surface area contributed by atoms with Crippen LogP contribution in [-0.2, 0) is 10.2 Å². The molecule has 0 amide bonds. The zero-order chi connectivity index (χ0) is 13.1. The molecule has 0 heterocycles. The molecule has 0 fully saturated rings. The van der Waals surface area contributed by atoms with Crippen LogP contribution < -0.4 is 15.2 Å². The zero-order valence-corrected chi connectivity index (χ0v) is 11.3. The summed E-state index contributed by atoms with van der Waals surface area (Å²) in [5, 5.41) is 0.300. The largest absolute Gasteiger partial charge is 0.399 e. The van der Waals surface area contributed by atoms with E-state index in [1.165, 1.54) is 12.1 Å². The Morgan fingerprint density at radius 3 is 2.65 bits per heavy atom. The van der Waals surface area contributed by atoms with Gasteiger partial charge in [-0.2, -0.15) is 13.1 Å². The predicted molar refractivity (Wildman–Crippen MR) is 71.2 cm³/mol. The second-order valence-electron chi connectivity index (χ2n) is 4.09. The molecule has 4 N–H and O–H groups in total. The molecule has 0 aliphatic heterocycles. The van der Waals surface area contributed by atoms with Gasteiger partial charge in [0.1, 0.15) is 0 Å². The minimum absolute atomic E-state index is 0.225. The molecule has 0 atom stereocenters. The first-order chi connectivity index (χ1) is 7.80. The van der Waals surface area contributed by atoms with Crippen LogP contribution in [0.1, 0.15) is 13.8 Å². The first kappa shape index (κ1) is 14.1. The molecule has 1 rings (SSSR count). The van der Waals surface area contributed by atoms with Crippen LogP contribution in [0, 0.1) is 5.92 Å². The Bertz CT molecular complexity index is 488. The number of benzene rings is 1. The van der Waals surface area contributed by atoms with Gasteiger partial charge in [0.2, 0.25) is 0 Å². The van der Waals surface area contributed by atoms with Crippen molar-refractivity contribution in [3.63, 3.8) is 0 Å². The van der Waals surface area contributed by atoms with E-state index in [0.29, 0.717) is 17.3 Å². The molecule has 0 saturated heterocycles. The Labute approximate surface area is 107 Å². The van der Waals surface area contributed by atoms with E-state index in [9.17, 15) is 8.42 Å². The molecular formula is C10H16ClN3O2S. The van der Waals surface area contributed by atoms with Gasteiger partial charge in [0.25, 0.3) is 10.2 Å². The van der Waals surface area contributed by atoms with Gasteiger partial charge in [0, 0.05) is 12.2 Å². The molecule has 0 radical (unpaired) electrons. The smallest absolute Gasteiger partial charge is 0.299 e. The Morgan fingerprint density at radius 2 is 2.06 bits per heavy atom. The summed E-state index contributed by atoms with van der Waals surface area (Å²) in [5.41, 5.74) is 6.26. The van der Waals surface area contributed by atoms with Crippen molar-refractivity contribution in [2.75, 3.05) is 17.0 Å². The van der Waals surface area contributed by atoms with Crippen molar-refractivity contribution in [2.24, 2.45) is 5.92 Å². The van der Waals surface area contributed by atoms with Crippen LogP contribution in [0.15, 0.2) is 18.2 Å². The molecule has 96 valence electrons. The van der Waals surface area contributed by atoms with Gasteiger partial charge >= 0.3 is 0 Å². The third-order valence-electron chi connectivity index (χ3n) is 1.92. The SMILES string of the molecule is CC(C)CNS(=O)(=O)Nc1cc(N)ccc1Cl. The molecule has 7 heteroatoms. The molecule has 0 unspecified atom stereocenters. The average molecular weight is 278 g/mol. The molecule has 0 spiro atoms. The van der Waals surface area contributed by atoms with Crippen molar-refractivity contribution in [3.05, 3.63) is 23.2 Å². The summed E-state index contributed by atoms with van der Waals surface area (Å²) < 4.78 is 28.0. The molecule has 0 aliphatic rings. The summed E-state index contributed by atoms with van der Waals surface area (Å²) in [6.07, 6.45) is 0. The van der Waals surface area contributed by atoms with Gasteiger partial charge in [-0.1, -0.05) is 25.4 Å². The summed E-state index contributed by atoms with van der Waals surface area (Å²) in [6.45, 7) is 4.18. The number of anilines is 2. The lowest BCUT2D eigenvalue weighted by atomic mass is 10.2. The van der Waals surface area contributed by atoms with Crippen molar-refractivity contribution in [1.29, 1.82) is 0 Å². The molecule has 1 aromatic rings. The number of rotatable bonds is 5. The van der Waals surface area contributed by atoms with Crippen molar-refractivity contribution >= 4 is 33.2 Å². The second kappa shape index (κ2) is 5.57. The van der Waals surface area contributed by atoms with Crippen LogP contribution >= 0.6 is 11.6 Å². The van der Waals surface area contributed by atoms with Gasteiger partial charge in [0.15, 0.2) is 0 Å². The summed E-state index contributed by atoms with van der Waals surface area (Å²) in [5.74, 6) is 0.225. The van der Waals surface area contributed by atoms with Gasteiger partial charge in [0.05, 0.1) is 10.7 Å². The Morgan fingerprint density at radius 1 is 1.41 bits per heavy atom. The van der Waals surface area contributed by atoms with Gasteiger partial charge < -0.3 is 5.73 Å². The maximum atomic E-state index is 11.6. The predicted octanol–water partition coefficient (Wildman–Crippen LogP) is 1.82. The van der Waals surface area contributed by atoms with Gasteiger partial charge in [-0.25, -0.2) is 0 Å². The fourth-order valence-corrected chi connectivity index (χ4v) is 2.38. The van der Waals surface area contributed by atoms with Crippen LogP contribution in [0.4, 0.5) is 11.4 Å². The molecule has 0 bridgehead atoms. The molecule has 5 nitrogen and oxygen atoms in total. The monoisotopic (exact) mass is 277 g/mol. The lowest BCUT2D eigenvalue weighted by Gasteiger charge is -2.12. The molecule has 0 saturated carbocycles. The third-order valence-corrected chi connectivity index (χ3v) is 3.28. The van der Waals surface area contributed by atoms with E-state index in [1.807, 2.05) is 13.8 Å². The van der Waals surface area contributed by atoms with Crippen LogP contribution in [0.3, 0.4) is 0 Å². The van der Waals surface area contributed by atoms with Gasteiger partial charge in [-0.05, 0) is 24.1 Å². The maximum absolute atomic E-state index is 11.6. The fraction of sp³-hybridized carbons (Fsp3) is 0.400. The van der Waals surface area contributed by atoms with Gasteiger partial charge in [-0.15, -0.1) is 0 Å². The first-order valence-corrected chi connectivity index (χ1v) is 6.98. The summed E-state index contributed by atoms with van der Waals surface area (Å²) in [4.78, 5) is 0. The van der Waals surface area contributed by atoms with Crippen molar-refractivity contribution in [1.82, 2.24) is 4.72 Å². The molecule has 0 aromatic heterocycles. The molecule has 0 aliphatic carbocycles. The normalized spacial score (nSPS) is 11.8. The van der Waals surface area contributed by atoms with Crippen molar-refractivity contribution < 1.29 is 8.42 Å². The van der Waals surface area contributed by atoms with E-state index >= 15 is 0 Å². The fourth-order valence-electron chi connectivity index (χ4n) is 1.08. The second-order valence-corrected chi connectivity index (χ2v) is 5.99. The highest BCUT2D eigenvalue weighted by Gasteiger charge is 2.12. The van der Waals surface area contributed by atoms with Gasteiger partial charge in [-0.3, -0.25) is 4.72 Å². The topological polar surface area (TPSA) is 84.2 Å². The molecule has 1 aromatic carbocycles. The maximum Gasteiger partial charge on any atom is 0.299 e. The van der Waals surface area contributed by atoms with E-state index in [2.05, 4.69) is 9.44 Å². The van der Waals surface area contributed by atoms with Crippen LogP contribution in [-0.4, -0.2) is 15.0 Å². The van der Waals surface area contributed by atoms with E-state index < -0.39 is 10.2 Å². The lowest BCUT2D eigenvalue weighted by molar-refractivity contribution is 0.565. The van der Waals surface area contributed by atoms with Crippen LogP contribution in [0.25, 0.3) is 0 Å².